The van der Waals surface area contributed by atoms with Crippen molar-refractivity contribution in [3.8, 4) is 0 Å². The van der Waals surface area contributed by atoms with E-state index < -0.39 is 11.9 Å². The van der Waals surface area contributed by atoms with Crippen LogP contribution in [-0.2, 0) is 29.2 Å². The fraction of sp³-hybridized carbons (Fsp3) is 0.500. The second kappa shape index (κ2) is 4.05. The Balaban J connectivity index is 2.27. The van der Waals surface area contributed by atoms with Gasteiger partial charge in [-0.05, 0) is 0 Å². The van der Waals surface area contributed by atoms with Gasteiger partial charge in [0.1, 0.15) is 5.82 Å². The largest absolute Gasteiger partial charge is 0.481 e. The summed E-state index contributed by atoms with van der Waals surface area (Å²) in [4.78, 5) is 29.0. The van der Waals surface area contributed by atoms with Crippen LogP contribution in [0.3, 0.4) is 0 Å². The summed E-state index contributed by atoms with van der Waals surface area (Å²) in [6, 6.07) is 0. The lowest BCUT2D eigenvalue weighted by atomic mass is 10.1. The predicted molar refractivity (Wildman–Crippen MR) is 53.9 cm³/mol. The minimum absolute atomic E-state index is 0.220. The van der Waals surface area contributed by atoms with Crippen LogP contribution in [0, 0.1) is 5.92 Å². The van der Waals surface area contributed by atoms with Gasteiger partial charge in [0, 0.05) is 6.42 Å². The van der Waals surface area contributed by atoms with Gasteiger partial charge >= 0.3 is 5.97 Å². The van der Waals surface area contributed by atoms with Crippen molar-refractivity contribution in [2.24, 2.45) is 5.92 Å². The molecule has 6 nitrogen and oxygen atoms in total. The molecule has 0 aromatic carbocycles. The first-order valence-corrected chi connectivity index (χ1v) is 4.99. The van der Waals surface area contributed by atoms with Gasteiger partial charge in [0.05, 0.1) is 30.4 Å². The third kappa shape index (κ3) is 1.96. The standard InChI is InChI=1S/C10H12N2O4/c1-5(10(14)15)2-8-11-7-4-16-3-6(7)9(13)12-8/h5H,2-4H2,1H3,(H,14,15)(H,11,12,13). The summed E-state index contributed by atoms with van der Waals surface area (Å²) in [6.45, 7) is 2.19. The third-order valence-corrected chi connectivity index (χ3v) is 2.56. The highest BCUT2D eigenvalue weighted by Gasteiger charge is 2.19. The van der Waals surface area contributed by atoms with Crippen molar-refractivity contribution in [3.63, 3.8) is 0 Å². The maximum Gasteiger partial charge on any atom is 0.306 e. The summed E-state index contributed by atoms with van der Waals surface area (Å²) in [7, 11) is 0. The molecule has 1 unspecified atom stereocenters. The third-order valence-electron chi connectivity index (χ3n) is 2.56. The maximum absolute atomic E-state index is 11.6. The molecule has 0 saturated carbocycles. The topological polar surface area (TPSA) is 92.3 Å². The van der Waals surface area contributed by atoms with Crippen LogP contribution >= 0.6 is 0 Å². The average Bonchev–Trinajstić information content (AvgIpc) is 2.65. The second-order valence-corrected chi connectivity index (χ2v) is 3.87. The highest BCUT2D eigenvalue weighted by molar-refractivity contribution is 5.69. The zero-order valence-corrected chi connectivity index (χ0v) is 8.82. The summed E-state index contributed by atoms with van der Waals surface area (Å²) in [6.07, 6.45) is 0.220. The van der Waals surface area contributed by atoms with Gasteiger partial charge in [-0.2, -0.15) is 0 Å². The predicted octanol–water partition coefficient (Wildman–Crippen LogP) is 0.0633. The van der Waals surface area contributed by atoms with Crippen LogP contribution in [0.15, 0.2) is 4.79 Å². The first-order chi connectivity index (χ1) is 7.58. The number of fused-ring (bicyclic) bond motifs is 1. The Morgan fingerprint density at radius 1 is 1.62 bits per heavy atom. The molecule has 0 spiro atoms. The van der Waals surface area contributed by atoms with E-state index in [-0.39, 0.29) is 18.6 Å². The van der Waals surface area contributed by atoms with E-state index in [1.54, 1.807) is 6.92 Å². The number of aromatic amines is 1. The number of carboxylic acid groups (broad SMARTS) is 1. The van der Waals surface area contributed by atoms with E-state index in [9.17, 15) is 9.59 Å². The lowest BCUT2D eigenvalue weighted by Gasteiger charge is -2.06. The average molecular weight is 224 g/mol. The fourth-order valence-electron chi connectivity index (χ4n) is 1.59. The number of ether oxygens (including phenoxy) is 1. The van der Waals surface area contributed by atoms with Gasteiger partial charge < -0.3 is 14.8 Å². The monoisotopic (exact) mass is 224 g/mol. The van der Waals surface area contributed by atoms with E-state index in [2.05, 4.69) is 9.97 Å². The van der Waals surface area contributed by atoms with E-state index in [1.165, 1.54) is 0 Å². The molecule has 1 aliphatic rings. The molecule has 6 heteroatoms. The zero-order valence-electron chi connectivity index (χ0n) is 8.82. The summed E-state index contributed by atoms with van der Waals surface area (Å²) in [5, 5.41) is 8.76. The quantitative estimate of drug-likeness (QED) is 0.757. The van der Waals surface area contributed by atoms with Crippen molar-refractivity contribution < 1.29 is 14.6 Å². The van der Waals surface area contributed by atoms with E-state index in [0.717, 1.165) is 0 Å². The van der Waals surface area contributed by atoms with Gasteiger partial charge in [-0.15, -0.1) is 0 Å². The molecule has 1 aliphatic heterocycles. The molecular formula is C10H12N2O4. The van der Waals surface area contributed by atoms with Crippen LogP contribution in [0.2, 0.25) is 0 Å². The molecule has 86 valence electrons. The lowest BCUT2D eigenvalue weighted by molar-refractivity contribution is -0.141. The van der Waals surface area contributed by atoms with Crippen LogP contribution < -0.4 is 5.56 Å². The molecule has 2 N–H and O–H groups in total. The number of aliphatic carboxylic acids is 1. The number of aromatic nitrogens is 2. The molecule has 1 aromatic heterocycles. The molecule has 2 heterocycles. The first-order valence-electron chi connectivity index (χ1n) is 4.99. The van der Waals surface area contributed by atoms with Crippen molar-refractivity contribution >= 4 is 5.97 Å². The van der Waals surface area contributed by atoms with Crippen LogP contribution in [0.5, 0.6) is 0 Å². The van der Waals surface area contributed by atoms with Crippen molar-refractivity contribution in [2.75, 3.05) is 0 Å². The number of rotatable bonds is 3. The number of hydrogen-bond donors (Lipinski definition) is 2. The molecule has 0 fully saturated rings. The molecule has 1 aromatic rings. The Morgan fingerprint density at radius 2 is 2.38 bits per heavy atom. The highest BCUT2D eigenvalue weighted by atomic mass is 16.5. The van der Waals surface area contributed by atoms with E-state index in [0.29, 0.717) is 23.7 Å². The number of hydrogen-bond acceptors (Lipinski definition) is 4. The first kappa shape index (κ1) is 10.8. The van der Waals surface area contributed by atoms with Crippen molar-refractivity contribution in [1.29, 1.82) is 0 Å². The lowest BCUT2D eigenvalue weighted by Crippen LogP contribution is -2.21. The summed E-state index contributed by atoms with van der Waals surface area (Å²) >= 11 is 0. The van der Waals surface area contributed by atoms with Gasteiger partial charge in [-0.1, -0.05) is 6.92 Å². The maximum atomic E-state index is 11.6. The van der Waals surface area contributed by atoms with Crippen LogP contribution in [-0.4, -0.2) is 21.0 Å². The van der Waals surface area contributed by atoms with Gasteiger partial charge in [0.15, 0.2) is 0 Å². The Bertz CT molecular complexity index is 480. The number of H-pyrrole nitrogens is 1. The summed E-state index contributed by atoms with van der Waals surface area (Å²) in [5.41, 5.74) is 0.943. The van der Waals surface area contributed by atoms with Gasteiger partial charge in [-0.25, -0.2) is 4.98 Å². The van der Waals surface area contributed by atoms with E-state index >= 15 is 0 Å². The minimum Gasteiger partial charge on any atom is -0.481 e. The molecule has 16 heavy (non-hydrogen) atoms. The van der Waals surface area contributed by atoms with E-state index in [1.807, 2.05) is 0 Å². The van der Waals surface area contributed by atoms with Crippen molar-refractivity contribution in [3.05, 3.63) is 27.4 Å². The molecule has 0 amide bonds. The van der Waals surface area contributed by atoms with Crippen molar-refractivity contribution in [2.45, 2.75) is 26.6 Å². The Labute approximate surface area is 91.3 Å². The van der Waals surface area contributed by atoms with Crippen LogP contribution in [0.4, 0.5) is 0 Å². The van der Waals surface area contributed by atoms with Crippen LogP contribution in [0.25, 0.3) is 0 Å². The summed E-state index contributed by atoms with van der Waals surface area (Å²) < 4.78 is 5.10. The Hall–Kier alpha value is -1.69. The molecule has 0 aliphatic carbocycles. The number of carbonyl (C=O) groups is 1. The van der Waals surface area contributed by atoms with Gasteiger partial charge in [-0.3, -0.25) is 9.59 Å². The van der Waals surface area contributed by atoms with E-state index in [4.69, 9.17) is 9.84 Å². The molecule has 2 rings (SSSR count). The second-order valence-electron chi connectivity index (χ2n) is 3.87. The molecule has 0 radical (unpaired) electrons. The Kier molecular flexibility index (Phi) is 2.74. The molecule has 1 atom stereocenters. The highest BCUT2D eigenvalue weighted by Crippen LogP contribution is 2.14. The molecule has 0 saturated heterocycles. The normalized spacial score (nSPS) is 15.8. The summed E-state index contributed by atoms with van der Waals surface area (Å²) in [5.74, 6) is -1.06. The van der Waals surface area contributed by atoms with Crippen LogP contribution in [0.1, 0.15) is 24.0 Å². The SMILES string of the molecule is CC(Cc1nc2c(c(=O)[nH]1)COC2)C(=O)O. The molecule has 0 bridgehead atoms. The number of carboxylic acids is 1. The van der Waals surface area contributed by atoms with Crippen molar-refractivity contribution in [1.82, 2.24) is 9.97 Å². The number of nitrogens with one attached hydrogen (secondary N) is 1. The number of nitrogens with zero attached hydrogens (tertiary/aromatic N) is 1. The Morgan fingerprint density at radius 3 is 3.06 bits per heavy atom. The minimum atomic E-state index is -0.903. The van der Waals surface area contributed by atoms with Gasteiger partial charge in [0.2, 0.25) is 0 Å². The zero-order chi connectivity index (χ0) is 11.7. The smallest absolute Gasteiger partial charge is 0.306 e. The fourth-order valence-corrected chi connectivity index (χ4v) is 1.59. The molecular weight excluding hydrogens is 212 g/mol. The van der Waals surface area contributed by atoms with Gasteiger partial charge in [0.25, 0.3) is 5.56 Å².